The van der Waals surface area contributed by atoms with Gasteiger partial charge in [0, 0.05) is 23.4 Å². The highest BCUT2D eigenvalue weighted by Gasteiger charge is 2.33. The molecule has 19 heavy (non-hydrogen) atoms. The predicted octanol–water partition coefficient (Wildman–Crippen LogP) is 2.97. The van der Waals surface area contributed by atoms with Gasteiger partial charge in [-0.15, -0.1) is 0 Å². The highest BCUT2D eigenvalue weighted by Crippen LogP contribution is 2.31. The molecule has 0 radical (unpaired) electrons. The van der Waals surface area contributed by atoms with Crippen LogP contribution in [0.5, 0.6) is 0 Å². The summed E-state index contributed by atoms with van der Waals surface area (Å²) in [7, 11) is 0. The van der Waals surface area contributed by atoms with Crippen LogP contribution in [-0.2, 0) is 0 Å². The van der Waals surface area contributed by atoms with Crippen molar-refractivity contribution in [2.75, 3.05) is 5.32 Å². The summed E-state index contributed by atoms with van der Waals surface area (Å²) in [6.07, 6.45) is 3.10. The van der Waals surface area contributed by atoms with Crippen molar-refractivity contribution in [2.45, 2.75) is 38.6 Å². The maximum Gasteiger partial charge on any atom is 0.319 e. The van der Waals surface area contributed by atoms with Crippen LogP contribution in [0.25, 0.3) is 0 Å². The van der Waals surface area contributed by atoms with E-state index in [0.29, 0.717) is 11.3 Å². The van der Waals surface area contributed by atoms with Gasteiger partial charge in [0.1, 0.15) is 0 Å². The molecule has 6 nitrogen and oxygen atoms in total. The highest BCUT2D eigenvalue weighted by molar-refractivity contribution is 5.90. The van der Waals surface area contributed by atoms with Crippen molar-refractivity contribution in [2.24, 2.45) is 0 Å². The molecule has 1 aromatic rings. The van der Waals surface area contributed by atoms with Crippen LogP contribution in [0.2, 0.25) is 0 Å². The topological polar surface area (TPSA) is 84.3 Å². The van der Waals surface area contributed by atoms with Crippen LogP contribution < -0.4 is 10.6 Å². The molecule has 1 fully saturated rings. The molecule has 2 N–H and O–H groups in total. The summed E-state index contributed by atoms with van der Waals surface area (Å²) in [5, 5.41) is 16.3. The average Bonchev–Trinajstić information content (AvgIpc) is 2.29. The van der Waals surface area contributed by atoms with E-state index in [9.17, 15) is 14.9 Å². The van der Waals surface area contributed by atoms with Gasteiger partial charge in [-0.3, -0.25) is 10.1 Å². The molecule has 0 aromatic heterocycles. The number of nitrogens with one attached hydrogen (secondary N) is 2. The lowest BCUT2D eigenvalue weighted by molar-refractivity contribution is -0.384. The van der Waals surface area contributed by atoms with Crippen molar-refractivity contribution in [3.8, 4) is 0 Å². The first-order valence-corrected chi connectivity index (χ1v) is 6.24. The summed E-state index contributed by atoms with van der Waals surface area (Å²) in [5.74, 6) is 0. The molecule has 1 aliphatic rings. The smallest absolute Gasteiger partial charge is 0.319 e. The molecular formula is C13H17N3O3. The van der Waals surface area contributed by atoms with Crippen LogP contribution in [-0.4, -0.2) is 16.5 Å². The maximum absolute atomic E-state index is 11.8. The Kier molecular flexibility index (Phi) is 3.42. The summed E-state index contributed by atoms with van der Waals surface area (Å²) in [5.41, 5.74) is 1.17. The quantitative estimate of drug-likeness (QED) is 0.649. The van der Waals surface area contributed by atoms with E-state index in [1.54, 1.807) is 13.0 Å². The van der Waals surface area contributed by atoms with Gasteiger partial charge in [0.15, 0.2) is 0 Å². The first-order valence-electron chi connectivity index (χ1n) is 6.24. The number of aryl methyl sites for hydroxylation is 1. The van der Waals surface area contributed by atoms with Crippen LogP contribution >= 0.6 is 0 Å². The Labute approximate surface area is 111 Å². The third kappa shape index (κ3) is 3.01. The normalized spacial score (nSPS) is 16.3. The van der Waals surface area contributed by atoms with E-state index < -0.39 is 4.92 Å². The zero-order valence-electron chi connectivity index (χ0n) is 11.0. The van der Waals surface area contributed by atoms with Crippen molar-refractivity contribution < 1.29 is 9.72 Å². The van der Waals surface area contributed by atoms with Crippen LogP contribution in [0, 0.1) is 17.0 Å². The first kappa shape index (κ1) is 13.3. The standard InChI is InChI=1S/C13H17N3O3/c1-9-8-10(16(18)19)4-5-11(9)14-12(17)15-13(2)6-3-7-13/h4-5,8H,3,6-7H2,1-2H3,(H2,14,15,17). The molecule has 0 bridgehead atoms. The zero-order chi connectivity index (χ0) is 14.0. The highest BCUT2D eigenvalue weighted by atomic mass is 16.6. The van der Waals surface area contributed by atoms with Gasteiger partial charge in [-0.25, -0.2) is 4.79 Å². The van der Waals surface area contributed by atoms with Gasteiger partial charge in [-0.1, -0.05) is 0 Å². The van der Waals surface area contributed by atoms with Crippen LogP contribution in [0.15, 0.2) is 18.2 Å². The molecule has 2 rings (SSSR count). The van der Waals surface area contributed by atoms with Gasteiger partial charge in [-0.2, -0.15) is 0 Å². The number of anilines is 1. The minimum atomic E-state index is -0.452. The molecule has 0 spiro atoms. The largest absolute Gasteiger partial charge is 0.333 e. The van der Waals surface area contributed by atoms with Crippen LogP contribution in [0.4, 0.5) is 16.2 Å². The summed E-state index contributed by atoms with van der Waals surface area (Å²) in [6.45, 7) is 3.74. The van der Waals surface area contributed by atoms with Crippen molar-refractivity contribution in [1.82, 2.24) is 5.32 Å². The number of benzene rings is 1. The molecule has 1 aromatic carbocycles. The van der Waals surface area contributed by atoms with Gasteiger partial charge in [0.2, 0.25) is 0 Å². The molecule has 0 aliphatic heterocycles. The number of nitro benzene ring substituents is 1. The Morgan fingerprint density at radius 3 is 2.58 bits per heavy atom. The lowest BCUT2D eigenvalue weighted by Crippen LogP contribution is -2.52. The maximum atomic E-state index is 11.8. The summed E-state index contributed by atoms with van der Waals surface area (Å²) in [4.78, 5) is 22.0. The number of carbonyl (C=O) groups is 1. The second kappa shape index (κ2) is 4.87. The SMILES string of the molecule is Cc1cc([N+](=O)[O-])ccc1NC(=O)NC1(C)CCC1. The number of hydrogen-bond acceptors (Lipinski definition) is 3. The van der Waals surface area contributed by atoms with E-state index in [2.05, 4.69) is 10.6 Å². The van der Waals surface area contributed by atoms with E-state index in [1.165, 1.54) is 12.1 Å². The summed E-state index contributed by atoms with van der Waals surface area (Å²) >= 11 is 0. The first-order chi connectivity index (χ1) is 8.89. The zero-order valence-corrected chi connectivity index (χ0v) is 11.0. The van der Waals surface area contributed by atoms with Gasteiger partial charge >= 0.3 is 6.03 Å². The van der Waals surface area contributed by atoms with Gasteiger partial charge < -0.3 is 10.6 Å². The number of nitrogens with zero attached hydrogens (tertiary/aromatic N) is 1. The van der Waals surface area contributed by atoms with E-state index >= 15 is 0 Å². The van der Waals surface area contributed by atoms with Crippen molar-refractivity contribution in [1.29, 1.82) is 0 Å². The molecular weight excluding hydrogens is 246 g/mol. The van der Waals surface area contributed by atoms with Crippen LogP contribution in [0.3, 0.4) is 0 Å². The number of carbonyl (C=O) groups excluding carboxylic acids is 1. The third-order valence-electron chi connectivity index (χ3n) is 3.54. The number of rotatable bonds is 3. The number of hydrogen-bond donors (Lipinski definition) is 2. The summed E-state index contributed by atoms with van der Waals surface area (Å²) < 4.78 is 0. The monoisotopic (exact) mass is 263 g/mol. The lowest BCUT2D eigenvalue weighted by atomic mass is 9.79. The fourth-order valence-corrected chi connectivity index (χ4v) is 2.16. The molecule has 1 saturated carbocycles. The summed E-state index contributed by atoms with van der Waals surface area (Å²) in [6, 6.07) is 4.11. The van der Waals surface area contributed by atoms with Crippen molar-refractivity contribution in [3.05, 3.63) is 33.9 Å². The minimum absolute atomic E-state index is 0.0226. The molecule has 0 unspecified atom stereocenters. The minimum Gasteiger partial charge on any atom is -0.333 e. The number of amides is 2. The Hall–Kier alpha value is -2.11. The second-order valence-electron chi connectivity index (χ2n) is 5.25. The fourth-order valence-electron chi connectivity index (χ4n) is 2.16. The molecule has 0 atom stereocenters. The lowest BCUT2D eigenvalue weighted by Gasteiger charge is -2.39. The molecule has 0 heterocycles. The molecule has 2 amide bonds. The van der Waals surface area contributed by atoms with Gasteiger partial charge in [0.05, 0.1) is 4.92 Å². The Balaban J connectivity index is 2.02. The number of nitro groups is 1. The third-order valence-corrected chi connectivity index (χ3v) is 3.54. The van der Waals surface area contributed by atoms with Gasteiger partial charge in [0.25, 0.3) is 5.69 Å². The second-order valence-corrected chi connectivity index (χ2v) is 5.25. The van der Waals surface area contributed by atoms with Crippen molar-refractivity contribution in [3.63, 3.8) is 0 Å². The van der Waals surface area contributed by atoms with E-state index in [4.69, 9.17) is 0 Å². The molecule has 0 saturated heterocycles. The van der Waals surface area contributed by atoms with E-state index in [1.807, 2.05) is 6.92 Å². The fraction of sp³-hybridized carbons (Fsp3) is 0.462. The van der Waals surface area contributed by atoms with Gasteiger partial charge in [-0.05, 0) is 44.7 Å². The van der Waals surface area contributed by atoms with E-state index in [-0.39, 0.29) is 17.3 Å². The predicted molar refractivity (Wildman–Crippen MR) is 72.2 cm³/mol. The Morgan fingerprint density at radius 2 is 2.11 bits per heavy atom. The molecule has 102 valence electrons. The van der Waals surface area contributed by atoms with Crippen LogP contribution in [0.1, 0.15) is 31.7 Å². The number of urea groups is 1. The Bertz CT molecular complexity index is 524. The molecule has 6 heteroatoms. The molecule has 1 aliphatic carbocycles. The average molecular weight is 263 g/mol. The van der Waals surface area contributed by atoms with E-state index in [0.717, 1.165) is 19.3 Å². The Morgan fingerprint density at radius 1 is 1.42 bits per heavy atom. The van der Waals surface area contributed by atoms with Crippen molar-refractivity contribution >= 4 is 17.4 Å². The number of non-ortho nitro benzene ring substituents is 1.